The van der Waals surface area contributed by atoms with Gasteiger partial charge < -0.3 is 29.3 Å². The van der Waals surface area contributed by atoms with E-state index in [1.165, 1.54) is 0 Å². The first kappa shape index (κ1) is 32.3. The minimum absolute atomic E-state index is 0.00319. The maximum atomic E-state index is 14.7. The van der Waals surface area contributed by atoms with Gasteiger partial charge in [-0.15, -0.1) is 0 Å². The smallest absolute Gasteiger partial charge is 0.409 e. The number of hydrogen-bond donors (Lipinski definition) is 2. The van der Waals surface area contributed by atoms with Gasteiger partial charge in [-0.1, -0.05) is 32.1 Å². The molecule has 2 spiro atoms. The summed E-state index contributed by atoms with van der Waals surface area (Å²) in [7, 11) is 3.26. The van der Waals surface area contributed by atoms with E-state index in [0.717, 1.165) is 37.7 Å². The van der Waals surface area contributed by atoms with E-state index < -0.39 is 28.6 Å². The van der Waals surface area contributed by atoms with Gasteiger partial charge >= 0.3 is 6.09 Å². The molecule has 3 saturated carbocycles. The van der Waals surface area contributed by atoms with Gasteiger partial charge in [-0.2, -0.15) is 0 Å². The molecule has 3 fully saturated rings. The Morgan fingerprint density at radius 2 is 1.67 bits per heavy atom. The Kier molecular flexibility index (Phi) is 8.27. The van der Waals surface area contributed by atoms with Crippen LogP contribution in [0, 0.1) is 33.5 Å². The average molecular weight is 622 g/mol. The minimum atomic E-state index is -1.14. The zero-order valence-corrected chi connectivity index (χ0v) is 27.6. The van der Waals surface area contributed by atoms with E-state index in [0.29, 0.717) is 43.7 Å². The second-order valence-corrected chi connectivity index (χ2v) is 14.8. The maximum absolute atomic E-state index is 14.7. The lowest BCUT2D eigenvalue weighted by atomic mass is 9.32. The highest BCUT2D eigenvalue weighted by Crippen LogP contribution is 2.78. The zero-order valence-electron chi connectivity index (χ0n) is 27.6. The molecule has 1 unspecified atom stereocenters. The molecule has 0 aromatic heterocycles. The Labute approximate surface area is 267 Å². The van der Waals surface area contributed by atoms with Gasteiger partial charge in [-0.25, -0.2) is 4.79 Å². The van der Waals surface area contributed by atoms with E-state index in [4.69, 9.17) is 14.2 Å². The summed E-state index contributed by atoms with van der Waals surface area (Å²) in [5.74, 6) is 0.920. The van der Waals surface area contributed by atoms with Crippen molar-refractivity contribution in [2.75, 3.05) is 40.5 Å². The van der Waals surface area contributed by atoms with Gasteiger partial charge in [0, 0.05) is 47.6 Å². The molecule has 0 radical (unpaired) electrons. The van der Waals surface area contributed by atoms with E-state index in [-0.39, 0.29) is 41.6 Å². The van der Waals surface area contributed by atoms with E-state index >= 15 is 0 Å². The number of amides is 1. The fourth-order valence-corrected chi connectivity index (χ4v) is 10.7. The highest BCUT2D eigenvalue weighted by molar-refractivity contribution is 6.10. The van der Waals surface area contributed by atoms with Crippen LogP contribution in [0.15, 0.2) is 48.1 Å². The molecule has 1 aromatic rings. The Bertz CT molecular complexity index is 1370. The summed E-state index contributed by atoms with van der Waals surface area (Å²) in [5.41, 5.74) is -1.30. The van der Waals surface area contributed by atoms with Crippen LogP contribution in [-0.2, 0) is 9.47 Å². The van der Waals surface area contributed by atoms with Crippen LogP contribution in [-0.4, -0.2) is 79.2 Å². The summed E-state index contributed by atoms with van der Waals surface area (Å²) < 4.78 is 16.1. The lowest BCUT2D eigenvalue weighted by Crippen LogP contribution is -2.67. The molecule has 0 aliphatic heterocycles. The van der Waals surface area contributed by atoms with Crippen molar-refractivity contribution in [3.63, 3.8) is 0 Å². The number of nitrogens with zero attached hydrogens (tertiary/aromatic N) is 1. The number of benzene rings is 1. The maximum Gasteiger partial charge on any atom is 0.409 e. The number of allylic oxidation sites excluding steroid dienone is 4. The van der Waals surface area contributed by atoms with Gasteiger partial charge in [0.05, 0.1) is 32.0 Å². The van der Waals surface area contributed by atoms with Crippen LogP contribution >= 0.6 is 0 Å². The van der Waals surface area contributed by atoms with Crippen molar-refractivity contribution in [2.24, 2.45) is 33.5 Å². The summed E-state index contributed by atoms with van der Waals surface area (Å²) in [4.78, 5) is 29.5. The number of fused-ring (bicyclic) bond motifs is 1. The van der Waals surface area contributed by atoms with Crippen molar-refractivity contribution < 1.29 is 34.0 Å². The normalized spacial score (nSPS) is 39.4. The van der Waals surface area contributed by atoms with E-state index in [1.54, 1.807) is 26.0 Å². The first-order chi connectivity index (χ1) is 21.4. The lowest BCUT2D eigenvalue weighted by Gasteiger charge is -2.71. The zero-order chi connectivity index (χ0) is 32.3. The molecule has 8 heteroatoms. The van der Waals surface area contributed by atoms with E-state index in [2.05, 4.69) is 32.1 Å². The molecular formula is C37H51NO7. The van der Waals surface area contributed by atoms with Gasteiger partial charge in [-0.3, -0.25) is 4.79 Å². The number of carbonyl (C=O) groups is 2. The number of ether oxygens (including phenoxy) is 3. The van der Waals surface area contributed by atoms with Crippen molar-refractivity contribution >= 4 is 11.9 Å². The Balaban J connectivity index is 1.43. The SMILES string of the molecule is CCOC(=O)N(CCCOC)C[C@]1(O)CC[C@H]2[C@]34C=C[C@@]5(C=C3C(=O)c3ccc(OC)cc3)CC(O)CC[C@]5(C)[C@H]4CC[C@@]21C. The largest absolute Gasteiger partial charge is 0.497 e. The quantitative estimate of drug-likeness (QED) is 0.189. The molecule has 0 heterocycles. The average Bonchev–Trinajstić information content (AvgIpc) is 3.30. The molecule has 2 bridgehead atoms. The molecule has 0 saturated heterocycles. The molecule has 1 amide bonds. The molecule has 8 nitrogen and oxygen atoms in total. The second kappa shape index (κ2) is 11.5. The monoisotopic (exact) mass is 621 g/mol. The molecule has 6 aliphatic carbocycles. The standard InChI is InChI=1S/C37H51NO7/c1-6-45-32(41)38(20-7-21-43-4)24-36(42)17-14-30-34(36,3)16-13-29-33(2)15-12-26(39)22-35(33)18-19-37(29,30)28(23-35)31(40)25-8-10-27(44-5)11-9-25/h8-11,18-19,23,26,29-30,39,42H,6-7,12-17,20-22,24H2,1-5H3/t26?,29-,30-,33-,34+,35+,36-,37-/m1/s1. The fourth-order valence-electron chi connectivity index (χ4n) is 10.7. The van der Waals surface area contributed by atoms with Crippen molar-refractivity contribution in [2.45, 2.75) is 83.8 Å². The predicted molar refractivity (Wildman–Crippen MR) is 171 cm³/mol. The van der Waals surface area contributed by atoms with Crippen LogP contribution in [0.5, 0.6) is 5.75 Å². The van der Waals surface area contributed by atoms with E-state index in [1.807, 2.05) is 24.3 Å². The molecule has 246 valence electrons. The second-order valence-electron chi connectivity index (χ2n) is 14.8. The summed E-state index contributed by atoms with van der Waals surface area (Å²) in [6.07, 6.45) is 11.9. The summed E-state index contributed by atoms with van der Waals surface area (Å²) in [6.45, 7) is 7.78. The number of rotatable bonds is 10. The van der Waals surface area contributed by atoms with E-state index in [9.17, 15) is 19.8 Å². The third-order valence-electron chi connectivity index (χ3n) is 13.1. The van der Waals surface area contributed by atoms with Gasteiger partial charge in [0.2, 0.25) is 0 Å². The first-order valence-corrected chi connectivity index (χ1v) is 16.9. The molecule has 45 heavy (non-hydrogen) atoms. The molecule has 6 aliphatic rings. The first-order valence-electron chi connectivity index (χ1n) is 16.9. The molecule has 7 rings (SSSR count). The minimum Gasteiger partial charge on any atom is -0.497 e. The van der Waals surface area contributed by atoms with Crippen LogP contribution in [0.3, 0.4) is 0 Å². The molecular weight excluding hydrogens is 570 g/mol. The number of methoxy groups -OCH3 is 2. The van der Waals surface area contributed by atoms with Crippen molar-refractivity contribution in [1.29, 1.82) is 0 Å². The predicted octanol–water partition coefficient (Wildman–Crippen LogP) is 5.96. The van der Waals surface area contributed by atoms with Gasteiger partial charge in [0.1, 0.15) is 5.75 Å². The number of hydrogen-bond acceptors (Lipinski definition) is 7. The van der Waals surface area contributed by atoms with Gasteiger partial charge in [0.25, 0.3) is 0 Å². The van der Waals surface area contributed by atoms with Crippen LogP contribution in [0.1, 0.15) is 82.5 Å². The Hall–Kier alpha value is -2.68. The summed E-state index contributed by atoms with van der Waals surface area (Å²) in [5, 5.41) is 23.6. The van der Waals surface area contributed by atoms with Crippen LogP contribution in [0.2, 0.25) is 0 Å². The topological polar surface area (TPSA) is 106 Å². The number of aliphatic hydroxyl groups is 2. The highest BCUT2D eigenvalue weighted by atomic mass is 16.6. The summed E-state index contributed by atoms with van der Waals surface area (Å²) in [6, 6.07) is 7.35. The number of carbonyl (C=O) groups excluding carboxylic acids is 2. The third kappa shape index (κ3) is 4.64. The molecule has 8 atom stereocenters. The van der Waals surface area contributed by atoms with Gasteiger partial charge in [0.15, 0.2) is 5.78 Å². The number of aliphatic hydroxyl groups excluding tert-OH is 1. The molecule has 1 aromatic carbocycles. The van der Waals surface area contributed by atoms with Crippen LogP contribution in [0.4, 0.5) is 4.79 Å². The van der Waals surface area contributed by atoms with Crippen molar-refractivity contribution in [3.05, 3.63) is 53.6 Å². The third-order valence-corrected chi connectivity index (χ3v) is 13.1. The summed E-state index contributed by atoms with van der Waals surface area (Å²) >= 11 is 0. The van der Waals surface area contributed by atoms with Crippen LogP contribution < -0.4 is 4.74 Å². The highest BCUT2D eigenvalue weighted by Gasteiger charge is 2.74. The van der Waals surface area contributed by atoms with Crippen molar-refractivity contribution in [3.8, 4) is 5.75 Å². The lowest BCUT2D eigenvalue weighted by molar-refractivity contribution is -0.175. The van der Waals surface area contributed by atoms with Crippen molar-refractivity contribution in [1.82, 2.24) is 4.90 Å². The van der Waals surface area contributed by atoms with Gasteiger partial charge in [-0.05, 0) is 99.8 Å². The van der Waals surface area contributed by atoms with Crippen LogP contribution in [0.25, 0.3) is 0 Å². The Morgan fingerprint density at radius 1 is 0.978 bits per heavy atom. The number of ketones is 1. The Morgan fingerprint density at radius 3 is 2.36 bits per heavy atom. The number of Topliss-reactive ketones (excluding diaryl/α,β-unsaturated/α-hetero) is 1. The molecule has 2 N–H and O–H groups in total. The fraction of sp³-hybridized carbons (Fsp3) is 0.676.